The molecular formula is C74H82N4. The second-order valence-electron chi connectivity index (χ2n) is 21.1. The Labute approximate surface area is 468 Å². The van der Waals surface area contributed by atoms with Gasteiger partial charge in [0.1, 0.15) is 0 Å². The van der Waals surface area contributed by atoms with Crippen LogP contribution in [0.1, 0.15) is 121 Å². The van der Waals surface area contributed by atoms with Gasteiger partial charge >= 0.3 is 0 Å². The maximum Gasteiger partial charge on any atom is 0.0947 e. The van der Waals surface area contributed by atoms with E-state index in [9.17, 15) is 0 Å². The molecule has 0 atom stereocenters. The quantitative estimate of drug-likeness (QED) is 0.0290. The Kier molecular flexibility index (Phi) is 21.0. The minimum absolute atomic E-state index is 0.419. The Morgan fingerprint density at radius 1 is 0.192 bits per heavy atom. The van der Waals surface area contributed by atoms with E-state index in [2.05, 4.69) is 294 Å². The molecule has 0 saturated heterocycles. The average Bonchev–Trinajstić information content (AvgIpc) is 3.69. The van der Waals surface area contributed by atoms with Crippen LogP contribution in [0.2, 0.25) is 0 Å². The van der Waals surface area contributed by atoms with Gasteiger partial charge in [-0.25, -0.2) is 0 Å². The van der Waals surface area contributed by atoms with E-state index in [1.54, 1.807) is 0 Å². The molecule has 0 bridgehead atoms. The van der Waals surface area contributed by atoms with Gasteiger partial charge in [0, 0.05) is 0 Å². The zero-order valence-corrected chi connectivity index (χ0v) is 45.9. The smallest absolute Gasteiger partial charge is 0.0947 e. The highest BCUT2D eigenvalue weighted by atomic mass is 15.1. The first-order chi connectivity index (χ1) is 38.7. The lowest BCUT2D eigenvalue weighted by molar-refractivity contribution is 0.253. The van der Waals surface area contributed by atoms with E-state index < -0.39 is 16.6 Å². The first-order valence-corrected chi connectivity index (χ1v) is 29.2. The van der Waals surface area contributed by atoms with Gasteiger partial charge in [-0.05, 0) is 121 Å². The molecule has 0 aliphatic carbocycles. The van der Waals surface area contributed by atoms with Crippen LogP contribution in [0.3, 0.4) is 0 Å². The fourth-order valence-corrected chi connectivity index (χ4v) is 12.1. The fraction of sp³-hybridized carbons (Fsp3) is 0.270. The molecule has 0 fully saturated rings. The van der Waals surface area contributed by atoms with E-state index >= 15 is 0 Å². The van der Waals surface area contributed by atoms with E-state index in [0.29, 0.717) is 0 Å². The van der Waals surface area contributed by atoms with Crippen LogP contribution >= 0.6 is 0 Å². The SMILES string of the molecule is c1ccc(C(NCCCCCCCN(CCCCCCCNC(c2ccccc2)(c2ccccc2)c2ccccc2)CCCNC(c2ccccc2)(c2ccccc2)c2ccccc2)(c2ccccc2)c2ccccc2)cc1. The Morgan fingerprint density at radius 2 is 0.359 bits per heavy atom. The monoisotopic (exact) mass is 1030 g/mol. The maximum atomic E-state index is 4.17. The molecule has 9 rings (SSSR count). The number of hydrogen-bond acceptors (Lipinski definition) is 4. The molecule has 0 spiro atoms. The van der Waals surface area contributed by atoms with Gasteiger partial charge in [0.25, 0.3) is 0 Å². The summed E-state index contributed by atoms with van der Waals surface area (Å²) in [6, 6.07) is 99.1. The van der Waals surface area contributed by atoms with Gasteiger partial charge in [0.05, 0.1) is 16.6 Å². The molecule has 0 saturated carbocycles. The molecule has 9 aromatic rings. The van der Waals surface area contributed by atoms with Gasteiger partial charge < -0.3 is 4.90 Å². The van der Waals surface area contributed by atoms with Gasteiger partial charge in [-0.3, -0.25) is 16.0 Å². The van der Waals surface area contributed by atoms with Crippen molar-refractivity contribution in [1.82, 2.24) is 20.9 Å². The average molecular weight is 1030 g/mol. The zero-order chi connectivity index (χ0) is 53.2. The fourth-order valence-electron chi connectivity index (χ4n) is 12.1. The Morgan fingerprint density at radius 3 is 0.577 bits per heavy atom. The van der Waals surface area contributed by atoms with Crippen molar-refractivity contribution in [3.8, 4) is 0 Å². The molecule has 0 radical (unpaired) electrons. The van der Waals surface area contributed by atoms with Crippen molar-refractivity contribution in [2.24, 2.45) is 0 Å². The van der Waals surface area contributed by atoms with Gasteiger partial charge in [0.2, 0.25) is 0 Å². The van der Waals surface area contributed by atoms with Crippen molar-refractivity contribution in [2.45, 2.75) is 87.2 Å². The third kappa shape index (κ3) is 13.9. The summed E-state index contributed by atoms with van der Waals surface area (Å²) < 4.78 is 0. The lowest BCUT2D eigenvalue weighted by atomic mass is 9.77. The summed E-state index contributed by atoms with van der Waals surface area (Å²) in [5.74, 6) is 0. The minimum Gasteiger partial charge on any atom is -0.303 e. The summed E-state index contributed by atoms with van der Waals surface area (Å²) in [6.07, 6.45) is 13.2. The molecule has 0 unspecified atom stereocenters. The van der Waals surface area contributed by atoms with E-state index in [1.807, 2.05) is 0 Å². The second-order valence-corrected chi connectivity index (χ2v) is 21.1. The Balaban J connectivity index is 0.811. The topological polar surface area (TPSA) is 39.3 Å². The molecule has 4 heteroatoms. The van der Waals surface area contributed by atoms with Crippen LogP contribution in [-0.2, 0) is 16.6 Å². The maximum absolute atomic E-state index is 4.17. The highest BCUT2D eigenvalue weighted by molar-refractivity contribution is 5.52. The highest BCUT2D eigenvalue weighted by Crippen LogP contribution is 2.39. The van der Waals surface area contributed by atoms with Gasteiger partial charge in [-0.1, -0.05) is 312 Å². The van der Waals surface area contributed by atoms with Gasteiger partial charge in [-0.15, -0.1) is 0 Å². The van der Waals surface area contributed by atoms with Crippen LogP contribution in [-0.4, -0.2) is 44.2 Å². The molecule has 398 valence electrons. The van der Waals surface area contributed by atoms with E-state index in [1.165, 1.54) is 101 Å². The van der Waals surface area contributed by atoms with Gasteiger partial charge in [-0.2, -0.15) is 0 Å². The molecule has 3 N–H and O–H groups in total. The summed E-state index contributed by atoms with van der Waals surface area (Å²) in [4.78, 5) is 2.78. The van der Waals surface area contributed by atoms with Gasteiger partial charge in [0.15, 0.2) is 0 Å². The predicted octanol–water partition coefficient (Wildman–Crippen LogP) is 16.3. The third-order valence-electron chi connectivity index (χ3n) is 16.0. The summed E-state index contributed by atoms with van der Waals surface area (Å²) in [6.45, 7) is 6.15. The van der Waals surface area contributed by atoms with Crippen molar-refractivity contribution < 1.29 is 0 Å². The van der Waals surface area contributed by atoms with E-state index in [0.717, 1.165) is 58.5 Å². The molecule has 0 aliphatic heterocycles. The van der Waals surface area contributed by atoms with Crippen molar-refractivity contribution in [1.29, 1.82) is 0 Å². The molecular weight excluding hydrogens is 945 g/mol. The summed E-state index contributed by atoms with van der Waals surface area (Å²) in [5.41, 5.74) is 10.1. The van der Waals surface area contributed by atoms with Crippen LogP contribution in [0.15, 0.2) is 273 Å². The Hall–Kier alpha value is -7.18. The highest BCUT2D eigenvalue weighted by Gasteiger charge is 2.38. The summed E-state index contributed by atoms with van der Waals surface area (Å²) >= 11 is 0. The van der Waals surface area contributed by atoms with E-state index in [4.69, 9.17) is 0 Å². The predicted molar refractivity (Wildman–Crippen MR) is 329 cm³/mol. The normalized spacial score (nSPS) is 12.0. The first kappa shape index (κ1) is 55.6. The number of unbranched alkanes of at least 4 members (excludes halogenated alkanes) is 8. The largest absolute Gasteiger partial charge is 0.303 e. The number of rotatable bonds is 32. The third-order valence-corrected chi connectivity index (χ3v) is 16.0. The summed E-state index contributed by atoms with van der Waals surface area (Å²) in [7, 11) is 0. The van der Waals surface area contributed by atoms with Crippen molar-refractivity contribution in [2.75, 3.05) is 39.3 Å². The second kappa shape index (κ2) is 29.5. The first-order valence-electron chi connectivity index (χ1n) is 29.2. The van der Waals surface area contributed by atoms with Crippen LogP contribution in [0, 0.1) is 0 Å². The van der Waals surface area contributed by atoms with E-state index in [-0.39, 0.29) is 0 Å². The lowest BCUT2D eigenvalue weighted by Gasteiger charge is -2.37. The Bertz CT molecular complexity index is 2560. The van der Waals surface area contributed by atoms with Crippen molar-refractivity contribution >= 4 is 0 Å². The summed E-state index contributed by atoms with van der Waals surface area (Å²) in [5, 5.41) is 12.4. The molecule has 0 amide bonds. The number of nitrogens with one attached hydrogen (secondary N) is 3. The van der Waals surface area contributed by atoms with Crippen LogP contribution < -0.4 is 16.0 Å². The molecule has 78 heavy (non-hydrogen) atoms. The minimum atomic E-state index is -0.454. The molecule has 4 nitrogen and oxygen atoms in total. The van der Waals surface area contributed by atoms with Crippen LogP contribution in [0.25, 0.3) is 0 Å². The number of nitrogens with zero attached hydrogens (tertiary/aromatic N) is 1. The molecule has 0 heterocycles. The molecule has 0 aromatic heterocycles. The van der Waals surface area contributed by atoms with Crippen LogP contribution in [0.4, 0.5) is 0 Å². The van der Waals surface area contributed by atoms with Crippen molar-refractivity contribution in [3.63, 3.8) is 0 Å². The molecule has 0 aliphatic rings. The molecule has 9 aromatic carbocycles. The van der Waals surface area contributed by atoms with Crippen LogP contribution in [0.5, 0.6) is 0 Å². The van der Waals surface area contributed by atoms with Crippen molar-refractivity contribution in [3.05, 3.63) is 323 Å². The standard InChI is InChI=1S/C74H82N4/c1(3-34-57-75-72(63-39-16-7-17-40-63,64-41-18-8-19-42-64)65-43-20-9-21-44-65)5-36-60-78(62-38-59-77-74(69-51-28-13-29-52-69,70-53-30-14-31-54-70)71-55-32-15-33-56-71)61-37-6-2-4-35-58-76-73(66-45-22-10-23-46-66,67-47-24-11-25-48-67)68-49-26-12-27-50-68/h7-33,39-56,75-77H,1-6,34-38,57-62H2. The number of benzene rings is 9. The zero-order valence-electron chi connectivity index (χ0n) is 45.9. The number of hydrogen-bond donors (Lipinski definition) is 3. The lowest BCUT2D eigenvalue weighted by Crippen LogP contribution is -2.45.